The van der Waals surface area contributed by atoms with Crippen molar-refractivity contribution in [3.63, 3.8) is 0 Å². The topological polar surface area (TPSA) is 143 Å². The first kappa shape index (κ1) is 28.3. The lowest BCUT2D eigenvalue weighted by Crippen LogP contribution is -2.74. The number of ether oxygens (including phenoxy) is 4. The van der Waals surface area contributed by atoms with Crippen LogP contribution in [0.5, 0.6) is 0 Å². The molecule has 210 valence electrons. The van der Waals surface area contributed by atoms with Gasteiger partial charge in [0.2, 0.25) is 0 Å². The van der Waals surface area contributed by atoms with E-state index < -0.39 is 88.4 Å². The lowest BCUT2D eigenvalue weighted by molar-refractivity contribution is -0.289. The first-order chi connectivity index (χ1) is 17.5. The molecule has 0 aromatic heterocycles. The van der Waals surface area contributed by atoms with Gasteiger partial charge >= 0.3 is 23.9 Å². The van der Waals surface area contributed by atoms with Crippen molar-refractivity contribution >= 4 is 29.7 Å². The van der Waals surface area contributed by atoms with Crippen LogP contribution in [0.25, 0.3) is 0 Å². The van der Waals surface area contributed by atoms with E-state index in [0.29, 0.717) is 0 Å². The highest BCUT2D eigenvalue weighted by atomic mass is 16.6. The molecule has 4 saturated carbocycles. The summed E-state index contributed by atoms with van der Waals surface area (Å²) < 4.78 is 23.3. The van der Waals surface area contributed by atoms with Gasteiger partial charge in [0, 0.05) is 56.8 Å². The van der Waals surface area contributed by atoms with Gasteiger partial charge in [-0.3, -0.25) is 24.0 Å². The van der Waals surface area contributed by atoms with Gasteiger partial charge in [-0.15, -0.1) is 0 Å². The van der Waals surface area contributed by atoms with E-state index in [1.54, 1.807) is 0 Å². The first-order valence-corrected chi connectivity index (χ1v) is 13.1. The Morgan fingerprint density at radius 1 is 0.816 bits per heavy atom. The van der Waals surface area contributed by atoms with Crippen LogP contribution in [-0.4, -0.2) is 65.3 Å². The maximum Gasteiger partial charge on any atom is 0.303 e. The van der Waals surface area contributed by atoms with Gasteiger partial charge < -0.3 is 24.1 Å². The minimum atomic E-state index is -1.35. The Balaban J connectivity index is 2.01. The minimum absolute atomic E-state index is 0.144. The van der Waals surface area contributed by atoms with Gasteiger partial charge in [0.05, 0.1) is 11.5 Å². The normalized spacial score (nSPS) is 42.8. The summed E-state index contributed by atoms with van der Waals surface area (Å²) in [6.45, 7) is 14.8. The number of ketones is 1. The van der Waals surface area contributed by atoms with E-state index in [9.17, 15) is 29.1 Å². The molecule has 0 aliphatic heterocycles. The summed E-state index contributed by atoms with van der Waals surface area (Å²) in [5.41, 5.74) is -2.93. The Kier molecular flexibility index (Phi) is 6.82. The van der Waals surface area contributed by atoms with Gasteiger partial charge in [-0.1, -0.05) is 27.4 Å². The van der Waals surface area contributed by atoms with E-state index in [-0.39, 0.29) is 30.6 Å². The number of carbonyl (C=O) groups is 5. The lowest BCUT2D eigenvalue weighted by atomic mass is 9.38. The number of aliphatic hydroxyl groups is 1. The molecule has 0 radical (unpaired) electrons. The van der Waals surface area contributed by atoms with Crippen molar-refractivity contribution in [2.24, 2.45) is 34.0 Å². The standard InChI is InChI=1S/C28H38O10/c1-12-17-11-28(25(12)34)21(37-15(4)31)9-18-26(6,7)19(35-13(2)29)10-20(36-14(3)30)27(18,8)24(28)23(22(17)33)38-16(5)32/h17-24,33H,1,9-11H2,2-8H3/t17-,18-,19+,20+,21+,22-,23+,24+,27+,28+/m1/s1. The van der Waals surface area contributed by atoms with Crippen molar-refractivity contribution in [1.29, 1.82) is 0 Å². The van der Waals surface area contributed by atoms with Crippen molar-refractivity contribution in [3.8, 4) is 0 Å². The van der Waals surface area contributed by atoms with Gasteiger partial charge in [0.15, 0.2) is 5.78 Å². The molecule has 4 aliphatic carbocycles. The zero-order valence-electron chi connectivity index (χ0n) is 23.1. The van der Waals surface area contributed by atoms with E-state index >= 15 is 0 Å². The zero-order chi connectivity index (χ0) is 28.5. The van der Waals surface area contributed by atoms with Crippen LogP contribution in [0.3, 0.4) is 0 Å². The second-order valence-corrected chi connectivity index (χ2v) is 12.3. The first-order valence-electron chi connectivity index (χ1n) is 13.1. The maximum absolute atomic E-state index is 14.1. The molecule has 0 saturated heterocycles. The van der Waals surface area contributed by atoms with Crippen LogP contribution in [-0.2, 0) is 42.9 Å². The van der Waals surface area contributed by atoms with Gasteiger partial charge in [-0.25, -0.2) is 0 Å². The number of fused-ring (bicyclic) bond motifs is 3. The number of rotatable bonds is 4. The highest BCUT2D eigenvalue weighted by molar-refractivity contribution is 6.04. The van der Waals surface area contributed by atoms with E-state index in [0.717, 1.165) is 0 Å². The highest BCUT2D eigenvalue weighted by Gasteiger charge is 2.78. The fraction of sp³-hybridized carbons (Fsp3) is 0.750. The van der Waals surface area contributed by atoms with Crippen LogP contribution < -0.4 is 0 Å². The number of carbonyl (C=O) groups excluding carboxylic acids is 5. The molecule has 38 heavy (non-hydrogen) atoms. The molecule has 0 aromatic carbocycles. The van der Waals surface area contributed by atoms with Gasteiger partial charge in [0.1, 0.15) is 24.4 Å². The predicted molar refractivity (Wildman–Crippen MR) is 131 cm³/mol. The third-order valence-corrected chi connectivity index (χ3v) is 9.87. The molecule has 4 rings (SSSR count). The van der Waals surface area contributed by atoms with Crippen LogP contribution >= 0.6 is 0 Å². The van der Waals surface area contributed by atoms with Crippen LogP contribution in [0.4, 0.5) is 0 Å². The average molecular weight is 535 g/mol. The molecule has 0 heterocycles. The average Bonchev–Trinajstić information content (AvgIpc) is 2.99. The molecule has 10 heteroatoms. The Hall–Kier alpha value is -2.75. The van der Waals surface area contributed by atoms with Crippen LogP contribution in [0.15, 0.2) is 12.2 Å². The zero-order valence-corrected chi connectivity index (χ0v) is 23.1. The predicted octanol–water partition coefficient (Wildman–Crippen LogP) is 2.29. The van der Waals surface area contributed by atoms with Crippen LogP contribution in [0.1, 0.15) is 67.7 Å². The molecule has 10 atom stereocenters. The fourth-order valence-corrected chi connectivity index (χ4v) is 8.61. The smallest absolute Gasteiger partial charge is 0.303 e. The molecule has 2 bridgehead atoms. The lowest BCUT2D eigenvalue weighted by Gasteiger charge is -2.68. The number of esters is 4. The summed E-state index contributed by atoms with van der Waals surface area (Å²) in [5, 5.41) is 11.5. The van der Waals surface area contributed by atoms with Crippen molar-refractivity contribution in [2.45, 2.75) is 98.2 Å². The molecule has 4 aliphatic rings. The summed E-state index contributed by atoms with van der Waals surface area (Å²) in [6, 6.07) is 0. The van der Waals surface area contributed by atoms with Crippen LogP contribution in [0, 0.1) is 34.0 Å². The van der Waals surface area contributed by atoms with Crippen molar-refractivity contribution in [1.82, 2.24) is 0 Å². The molecule has 0 amide bonds. The molecule has 0 unspecified atom stereocenters. The fourth-order valence-electron chi connectivity index (χ4n) is 8.61. The second-order valence-electron chi connectivity index (χ2n) is 12.3. The Bertz CT molecular complexity index is 1090. The SMILES string of the molecule is C=C1C(=O)[C@]23C[C@H]1[C@@H](O)[C@H](OC(C)=O)[C@H]2[C@]1(C)[C@@H](OC(C)=O)C[C@H](OC(C)=O)C(C)(C)[C@H]1C[C@@H]3OC(C)=O. The van der Waals surface area contributed by atoms with Gasteiger partial charge in [-0.05, 0) is 24.3 Å². The largest absolute Gasteiger partial charge is 0.462 e. The van der Waals surface area contributed by atoms with E-state index in [1.165, 1.54) is 27.7 Å². The molecule has 1 spiro atoms. The van der Waals surface area contributed by atoms with Gasteiger partial charge in [-0.2, -0.15) is 0 Å². The van der Waals surface area contributed by atoms with Crippen molar-refractivity contribution in [3.05, 3.63) is 12.2 Å². The summed E-state index contributed by atoms with van der Waals surface area (Å²) in [5.74, 6) is -4.63. The molecular weight excluding hydrogens is 496 g/mol. The molecule has 0 aromatic rings. The maximum atomic E-state index is 14.1. The minimum Gasteiger partial charge on any atom is -0.462 e. The molecule has 4 fully saturated rings. The van der Waals surface area contributed by atoms with Crippen molar-refractivity contribution < 1.29 is 48.0 Å². The number of hydrogen-bond acceptors (Lipinski definition) is 10. The number of hydrogen-bond donors (Lipinski definition) is 1. The quantitative estimate of drug-likeness (QED) is 0.324. The summed E-state index contributed by atoms with van der Waals surface area (Å²) in [4.78, 5) is 63.2. The van der Waals surface area contributed by atoms with E-state index in [4.69, 9.17) is 18.9 Å². The molecular formula is C28H38O10. The van der Waals surface area contributed by atoms with E-state index in [1.807, 2.05) is 20.8 Å². The number of Topliss-reactive ketones (excluding diaryl/α,β-unsaturated/α-hetero) is 1. The van der Waals surface area contributed by atoms with Crippen LogP contribution in [0.2, 0.25) is 0 Å². The third-order valence-electron chi connectivity index (χ3n) is 9.87. The summed E-state index contributed by atoms with van der Waals surface area (Å²) >= 11 is 0. The Labute approximate surface area is 222 Å². The van der Waals surface area contributed by atoms with Gasteiger partial charge in [0.25, 0.3) is 0 Å². The summed E-state index contributed by atoms with van der Waals surface area (Å²) in [7, 11) is 0. The molecule has 10 nitrogen and oxygen atoms in total. The second kappa shape index (κ2) is 9.17. The Morgan fingerprint density at radius 2 is 1.32 bits per heavy atom. The Morgan fingerprint density at radius 3 is 1.84 bits per heavy atom. The van der Waals surface area contributed by atoms with E-state index in [2.05, 4.69) is 6.58 Å². The van der Waals surface area contributed by atoms with Crippen molar-refractivity contribution in [2.75, 3.05) is 0 Å². The number of aliphatic hydroxyl groups excluding tert-OH is 1. The molecule has 1 N–H and O–H groups in total. The third kappa shape index (κ3) is 3.89. The highest BCUT2D eigenvalue weighted by Crippen LogP contribution is 2.72. The summed E-state index contributed by atoms with van der Waals surface area (Å²) in [6.07, 6.45) is -4.31. The monoisotopic (exact) mass is 534 g/mol.